The Balaban J connectivity index is 2.21. The van der Waals surface area contributed by atoms with Gasteiger partial charge in [-0.15, -0.1) is 0 Å². The Kier molecular flexibility index (Phi) is 5.82. The summed E-state index contributed by atoms with van der Waals surface area (Å²) in [5.74, 6) is -1.45. The van der Waals surface area contributed by atoms with E-state index in [4.69, 9.17) is 21.4 Å². The van der Waals surface area contributed by atoms with Gasteiger partial charge in [-0.1, -0.05) is 11.6 Å². The van der Waals surface area contributed by atoms with Crippen molar-refractivity contribution in [3.63, 3.8) is 0 Å². The second kappa shape index (κ2) is 7.85. The summed E-state index contributed by atoms with van der Waals surface area (Å²) in [5, 5.41) is 13.4. The van der Waals surface area contributed by atoms with Gasteiger partial charge in [0.25, 0.3) is 0 Å². The second-order valence-electron chi connectivity index (χ2n) is 5.25. The summed E-state index contributed by atoms with van der Waals surface area (Å²) in [6.07, 6.45) is 1.49. The lowest BCUT2D eigenvalue weighted by molar-refractivity contribution is 0.0524. The smallest absolute Gasteiger partial charge is 0.340 e. The Morgan fingerprint density at radius 3 is 2.76 bits per heavy atom. The zero-order valence-corrected chi connectivity index (χ0v) is 14.8. The van der Waals surface area contributed by atoms with E-state index in [1.54, 1.807) is 20.8 Å². The van der Waals surface area contributed by atoms with Gasteiger partial charge in [-0.05, 0) is 44.5 Å². The van der Waals surface area contributed by atoms with E-state index < -0.39 is 11.9 Å². The van der Waals surface area contributed by atoms with E-state index in [1.165, 1.54) is 24.4 Å². The summed E-state index contributed by atoms with van der Waals surface area (Å²) in [4.78, 5) is 26.0. The highest BCUT2D eigenvalue weighted by Crippen LogP contribution is 2.23. The molecule has 0 radical (unpaired) electrons. The van der Waals surface area contributed by atoms with E-state index in [1.807, 2.05) is 0 Å². The number of esters is 1. The number of H-pyrrole nitrogens is 1. The van der Waals surface area contributed by atoms with Crippen molar-refractivity contribution in [3.05, 3.63) is 51.3 Å². The van der Waals surface area contributed by atoms with Crippen LogP contribution in [0.3, 0.4) is 0 Å². The molecule has 3 N–H and O–H groups in total. The molecular weight excluding hydrogens is 346 g/mol. The predicted molar refractivity (Wildman–Crippen MR) is 95.9 cm³/mol. The molecule has 1 aromatic heterocycles. The largest absolute Gasteiger partial charge is 0.478 e. The Hall–Kier alpha value is -2.80. The molecule has 25 heavy (non-hydrogen) atoms. The third-order valence-electron chi connectivity index (χ3n) is 3.55. The zero-order valence-electron chi connectivity index (χ0n) is 14.0. The molecule has 0 fully saturated rings. The maximum Gasteiger partial charge on any atom is 0.340 e. The number of aromatic amines is 1. The summed E-state index contributed by atoms with van der Waals surface area (Å²) in [6.45, 7) is 5.61. The van der Waals surface area contributed by atoms with Gasteiger partial charge in [0, 0.05) is 5.69 Å². The van der Waals surface area contributed by atoms with Crippen LogP contribution in [0.5, 0.6) is 0 Å². The van der Waals surface area contributed by atoms with Crippen LogP contribution < -0.4 is 5.43 Å². The number of aromatic nitrogens is 1. The first-order valence-electron chi connectivity index (χ1n) is 7.53. The van der Waals surface area contributed by atoms with Crippen LogP contribution >= 0.6 is 11.6 Å². The number of carboxylic acids is 1. The fourth-order valence-electron chi connectivity index (χ4n) is 2.32. The summed E-state index contributed by atoms with van der Waals surface area (Å²) in [7, 11) is 0. The molecule has 0 aliphatic rings. The SMILES string of the molecule is CCOC(=O)c1c(C)[nH]c(/C=N/Nc2cc(C(=O)O)ccc2Cl)c1C. The lowest BCUT2D eigenvalue weighted by Gasteiger charge is -2.04. The van der Waals surface area contributed by atoms with Crippen molar-refractivity contribution in [2.75, 3.05) is 12.0 Å². The molecule has 0 atom stereocenters. The highest BCUT2D eigenvalue weighted by molar-refractivity contribution is 6.33. The van der Waals surface area contributed by atoms with Gasteiger partial charge in [-0.2, -0.15) is 5.10 Å². The third-order valence-corrected chi connectivity index (χ3v) is 3.88. The first-order chi connectivity index (χ1) is 11.8. The number of halogens is 1. The van der Waals surface area contributed by atoms with Crippen molar-refractivity contribution in [2.45, 2.75) is 20.8 Å². The molecule has 0 saturated heterocycles. The van der Waals surface area contributed by atoms with Crippen molar-refractivity contribution in [3.8, 4) is 0 Å². The van der Waals surface area contributed by atoms with Crippen LogP contribution in [0.2, 0.25) is 5.02 Å². The van der Waals surface area contributed by atoms with Crippen LogP contribution in [0.25, 0.3) is 0 Å². The molecule has 0 amide bonds. The van der Waals surface area contributed by atoms with Crippen molar-refractivity contribution < 1.29 is 19.4 Å². The molecule has 0 spiro atoms. The summed E-state index contributed by atoms with van der Waals surface area (Å²) < 4.78 is 5.04. The number of ether oxygens (including phenoxy) is 1. The van der Waals surface area contributed by atoms with Crippen LogP contribution in [0, 0.1) is 13.8 Å². The number of aryl methyl sites for hydroxylation is 1. The van der Waals surface area contributed by atoms with Gasteiger partial charge >= 0.3 is 11.9 Å². The molecule has 0 aliphatic carbocycles. The number of benzene rings is 1. The molecule has 0 unspecified atom stereocenters. The summed E-state index contributed by atoms with van der Waals surface area (Å²) >= 11 is 6.02. The van der Waals surface area contributed by atoms with Crippen molar-refractivity contribution >= 4 is 35.4 Å². The standard InChI is InChI=1S/C17H18ClN3O4/c1-4-25-17(24)15-9(2)14(20-10(15)3)8-19-21-13-7-11(16(22)23)5-6-12(13)18/h5-8,20-21H,4H2,1-3H3,(H,22,23)/b19-8+. The Bertz CT molecular complexity index is 843. The van der Waals surface area contributed by atoms with Gasteiger partial charge < -0.3 is 14.8 Å². The minimum absolute atomic E-state index is 0.0959. The number of rotatable bonds is 6. The first kappa shape index (κ1) is 18.5. The number of anilines is 1. The number of carbonyl (C=O) groups is 2. The van der Waals surface area contributed by atoms with Crippen LogP contribution in [-0.4, -0.2) is 34.9 Å². The molecule has 2 aromatic rings. The molecule has 8 heteroatoms. The van der Waals surface area contributed by atoms with Gasteiger partial charge in [0.15, 0.2) is 0 Å². The summed E-state index contributed by atoms with van der Waals surface area (Å²) in [5.41, 5.74) is 5.68. The van der Waals surface area contributed by atoms with Crippen LogP contribution in [0.1, 0.15) is 44.6 Å². The Morgan fingerprint density at radius 1 is 1.40 bits per heavy atom. The molecule has 1 aromatic carbocycles. The van der Waals surface area contributed by atoms with Gasteiger partial charge in [0.2, 0.25) is 0 Å². The van der Waals surface area contributed by atoms with E-state index in [9.17, 15) is 9.59 Å². The number of nitrogens with zero attached hydrogens (tertiary/aromatic N) is 1. The molecular formula is C17H18ClN3O4. The van der Waals surface area contributed by atoms with Crippen LogP contribution in [0.15, 0.2) is 23.3 Å². The fourth-order valence-corrected chi connectivity index (χ4v) is 2.48. The average molecular weight is 364 g/mol. The number of carbonyl (C=O) groups excluding carboxylic acids is 1. The maximum atomic E-state index is 12.0. The highest BCUT2D eigenvalue weighted by Gasteiger charge is 2.18. The highest BCUT2D eigenvalue weighted by atomic mass is 35.5. The number of hydrogen-bond donors (Lipinski definition) is 3. The number of aromatic carboxylic acids is 1. The summed E-state index contributed by atoms with van der Waals surface area (Å²) in [6, 6.07) is 4.27. The number of carboxylic acid groups (broad SMARTS) is 1. The molecule has 1 heterocycles. The van der Waals surface area contributed by atoms with Crippen LogP contribution in [-0.2, 0) is 4.74 Å². The molecule has 0 saturated carbocycles. The number of nitrogens with one attached hydrogen (secondary N) is 2. The van der Waals surface area contributed by atoms with Gasteiger partial charge in [0.1, 0.15) is 0 Å². The predicted octanol–water partition coefficient (Wildman–Crippen LogP) is 3.61. The molecule has 132 valence electrons. The van der Waals surface area contributed by atoms with E-state index in [-0.39, 0.29) is 5.56 Å². The topological polar surface area (TPSA) is 104 Å². The number of hydrogen-bond acceptors (Lipinski definition) is 5. The molecule has 0 aliphatic heterocycles. The van der Waals surface area contributed by atoms with Crippen molar-refractivity contribution in [1.29, 1.82) is 0 Å². The van der Waals surface area contributed by atoms with Crippen LogP contribution in [0.4, 0.5) is 5.69 Å². The quantitative estimate of drug-likeness (QED) is 0.413. The molecule has 2 rings (SSSR count). The molecule has 7 nitrogen and oxygen atoms in total. The van der Waals surface area contributed by atoms with E-state index >= 15 is 0 Å². The minimum atomic E-state index is -1.06. The monoisotopic (exact) mass is 363 g/mol. The van der Waals surface area contributed by atoms with E-state index in [2.05, 4.69) is 15.5 Å². The third kappa shape index (κ3) is 4.19. The van der Waals surface area contributed by atoms with Gasteiger partial charge in [-0.25, -0.2) is 9.59 Å². The van der Waals surface area contributed by atoms with E-state index in [0.717, 1.165) is 0 Å². The van der Waals surface area contributed by atoms with Gasteiger partial charge in [-0.3, -0.25) is 5.43 Å². The van der Waals surface area contributed by atoms with Gasteiger partial charge in [0.05, 0.1) is 40.4 Å². The number of hydrazone groups is 1. The Labute approximate surface area is 149 Å². The first-order valence-corrected chi connectivity index (χ1v) is 7.91. The fraction of sp³-hybridized carbons (Fsp3) is 0.235. The normalized spacial score (nSPS) is 10.9. The average Bonchev–Trinajstić information content (AvgIpc) is 2.83. The lowest BCUT2D eigenvalue weighted by atomic mass is 10.1. The second-order valence-corrected chi connectivity index (χ2v) is 5.66. The zero-order chi connectivity index (χ0) is 18.6. The minimum Gasteiger partial charge on any atom is -0.478 e. The Morgan fingerprint density at radius 2 is 2.12 bits per heavy atom. The molecule has 0 bridgehead atoms. The van der Waals surface area contributed by atoms with E-state index in [0.29, 0.717) is 39.8 Å². The van der Waals surface area contributed by atoms with Crippen molar-refractivity contribution in [1.82, 2.24) is 4.98 Å². The maximum absolute atomic E-state index is 12.0. The lowest BCUT2D eigenvalue weighted by Crippen LogP contribution is -2.06. The van der Waals surface area contributed by atoms with Crippen molar-refractivity contribution in [2.24, 2.45) is 5.10 Å².